The largest absolute Gasteiger partial charge is 0.482 e. The molecular formula is C18H24ClNO2. The number of hydrogen-bond acceptors (Lipinski definition) is 2. The van der Waals surface area contributed by atoms with Gasteiger partial charge in [0.2, 0.25) is 0 Å². The van der Waals surface area contributed by atoms with E-state index in [1.807, 2.05) is 12.1 Å². The van der Waals surface area contributed by atoms with Crippen LogP contribution in [-0.2, 0) is 4.79 Å². The predicted octanol–water partition coefficient (Wildman–Crippen LogP) is 4.05. The van der Waals surface area contributed by atoms with E-state index >= 15 is 0 Å². The van der Waals surface area contributed by atoms with Crippen molar-refractivity contribution in [3.63, 3.8) is 0 Å². The lowest BCUT2D eigenvalue weighted by Crippen LogP contribution is -2.48. The monoisotopic (exact) mass is 321 g/mol. The molecular weight excluding hydrogens is 298 g/mol. The zero-order valence-electron chi connectivity index (χ0n) is 13.5. The summed E-state index contributed by atoms with van der Waals surface area (Å²) >= 11 is 6.03. The van der Waals surface area contributed by atoms with E-state index in [9.17, 15) is 4.79 Å². The highest BCUT2D eigenvalue weighted by molar-refractivity contribution is 6.32. The highest BCUT2D eigenvalue weighted by Crippen LogP contribution is 2.65. The Morgan fingerprint density at radius 3 is 2.68 bits per heavy atom. The molecule has 3 atom stereocenters. The molecule has 0 aromatic heterocycles. The minimum atomic E-state index is -0.0607. The van der Waals surface area contributed by atoms with E-state index in [2.05, 4.69) is 26.1 Å². The molecule has 3 unspecified atom stereocenters. The van der Waals surface area contributed by atoms with Gasteiger partial charge in [-0.25, -0.2) is 0 Å². The van der Waals surface area contributed by atoms with Gasteiger partial charge in [0.25, 0.3) is 5.91 Å². The van der Waals surface area contributed by atoms with Gasteiger partial charge in [0, 0.05) is 6.04 Å². The van der Waals surface area contributed by atoms with E-state index in [0.717, 1.165) is 6.42 Å². The van der Waals surface area contributed by atoms with Gasteiger partial charge < -0.3 is 10.1 Å². The number of nitrogens with one attached hydrogen (secondary N) is 1. The zero-order chi connectivity index (χ0) is 16.0. The minimum Gasteiger partial charge on any atom is -0.482 e. The third-order valence-electron chi connectivity index (χ3n) is 6.32. The number of para-hydroxylation sites is 1. The highest BCUT2D eigenvalue weighted by Gasteiger charge is 2.61. The van der Waals surface area contributed by atoms with Crippen LogP contribution in [0.4, 0.5) is 0 Å². The van der Waals surface area contributed by atoms with Crippen LogP contribution in [0, 0.1) is 16.7 Å². The van der Waals surface area contributed by atoms with E-state index in [1.165, 1.54) is 12.8 Å². The van der Waals surface area contributed by atoms with Gasteiger partial charge in [-0.15, -0.1) is 0 Å². The molecule has 1 amide bonds. The molecule has 0 aliphatic heterocycles. The van der Waals surface area contributed by atoms with Crippen molar-refractivity contribution in [3.8, 4) is 5.75 Å². The Kier molecular flexibility index (Phi) is 3.88. The van der Waals surface area contributed by atoms with Gasteiger partial charge in [-0.3, -0.25) is 4.79 Å². The van der Waals surface area contributed by atoms with E-state index in [-0.39, 0.29) is 24.0 Å². The Morgan fingerprint density at radius 2 is 2.09 bits per heavy atom. The fourth-order valence-corrected chi connectivity index (χ4v) is 4.55. The summed E-state index contributed by atoms with van der Waals surface area (Å²) in [6.07, 6.45) is 3.56. The van der Waals surface area contributed by atoms with Gasteiger partial charge in [-0.2, -0.15) is 0 Å². The van der Waals surface area contributed by atoms with Crippen LogP contribution in [0.3, 0.4) is 0 Å². The lowest BCUT2D eigenvalue weighted by molar-refractivity contribution is -0.124. The third kappa shape index (κ3) is 2.40. The standard InChI is InChI=1S/C18H24ClNO2/c1-17(2)12-8-9-18(17,3)15(10-12)20-16(21)11-22-14-7-5-4-6-13(14)19/h4-7,12,15H,8-11H2,1-3H3,(H,20,21). The molecule has 0 radical (unpaired) electrons. The van der Waals surface area contributed by atoms with Gasteiger partial charge in [-0.05, 0) is 48.1 Å². The van der Waals surface area contributed by atoms with Crippen LogP contribution < -0.4 is 10.1 Å². The van der Waals surface area contributed by atoms with Crippen molar-refractivity contribution in [2.24, 2.45) is 16.7 Å². The number of hydrogen-bond donors (Lipinski definition) is 1. The average Bonchev–Trinajstić information content (AvgIpc) is 2.80. The van der Waals surface area contributed by atoms with Crippen LogP contribution in [0.1, 0.15) is 40.0 Å². The van der Waals surface area contributed by atoms with Crippen molar-refractivity contribution < 1.29 is 9.53 Å². The summed E-state index contributed by atoms with van der Waals surface area (Å²) in [7, 11) is 0. The molecule has 120 valence electrons. The smallest absolute Gasteiger partial charge is 0.258 e. The molecule has 3 rings (SSSR count). The summed E-state index contributed by atoms with van der Waals surface area (Å²) < 4.78 is 5.53. The van der Waals surface area contributed by atoms with E-state index < -0.39 is 0 Å². The molecule has 1 aromatic rings. The SMILES string of the molecule is CC1(C)C2CCC1(C)C(NC(=O)COc1ccccc1Cl)C2. The first-order chi connectivity index (χ1) is 10.3. The number of halogens is 1. The third-order valence-corrected chi connectivity index (χ3v) is 6.64. The fourth-order valence-electron chi connectivity index (χ4n) is 4.36. The molecule has 22 heavy (non-hydrogen) atoms. The van der Waals surface area contributed by atoms with Gasteiger partial charge >= 0.3 is 0 Å². The van der Waals surface area contributed by atoms with Crippen molar-refractivity contribution >= 4 is 17.5 Å². The molecule has 1 aromatic carbocycles. The second kappa shape index (κ2) is 5.45. The Bertz CT molecular complexity index is 586. The lowest BCUT2D eigenvalue weighted by Gasteiger charge is -2.39. The summed E-state index contributed by atoms with van der Waals surface area (Å²) in [5, 5.41) is 3.72. The molecule has 2 fully saturated rings. The maximum Gasteiger partial charge on any atom is 0.258 e. The Labute approximate surface area is 137 Å². The Morgan fingerprint density at radius 1 is 1.36 bits per heavy atom. The molecule has 0 spiro atoms. The van der Waals surface area contributed by atoms with Crippen molar-refractivity contribution in [3.05, 3.63) is 29.3 Å². The van der Waals surface area contributed by atoms with Gasteiger partial charge in [0.1, 0.15) is 5.75 Å². The number of fused-ring (bicyclic) bond motifs is 2. The predicted molar refractivity (Wildman–Crippen MR) is 88.1 cm³/mol. The number of ether oxygens (including phenoxy) is 1. The summed E-state index contributed by atoms with van der Waals surface area (Å²) in [6.45, 7) is 7.02. The van der Waals surface area contributed by atoms with Crippen molar-refractivity contribution in [1.29, 1.82) is 0 Å². The summed E-state index contributed by atoms with van der Waals surface area (Å²) in [4.78, 5) is 12.2. The summed E-state index contributed by atoms with van der Waals surface area (Å²) in [5.74, 6) is 1.21. The van der Waals surface area contributed by atoms with E-state index in [4.69, 9.17) is 16.3 Å². The summed E-state index contributed by atoms with van der Waals surface area (Å²) in [5.41, 5.74) is 0.492. The van der Waals surface area contributed by atoms with Crippen molar-refractivity contribution in [2.75, 3.05) is 6.61 Å². The maximum atomic E-state index is 12.2. The molecule has 4 heteroatoms. The number of rotatable bonds is 4. The number of benzene rings is 1. The van der Waals surface area contributed by atoms with Crippen LogP contribution in [0.15, 0.2) is 24.3 Å². The second-order valence-electron chi connectivity index (χ2n) is 7.45. The van der Waals surface area contributed by atoms with Crippen LogP contribution >= 0.6 is 11.6 Å². The molecule has 2 aliphatic carbocycles. The molecule has 2 aliphatic rings. The zero-order valence-corrected chi connectivity index (χ0v) is 14.2. The summed E-state index contributed by atoms with van der Waals surface area (Å²) in [6, 6.07) is 7.47. The number of amides is 1. The maximum absolute atomic E-state index is 12.2. The second-order valence-corrected chi connectivity index (χ2v) is 7.86. The van der Waals surface area contributed by atoms with Crippen LogP contribution in [-0.4, -0.2) is 18.6 Å². The van der Waals surface area contributed by atoms with Gasteiger partial charge in [-0.1, -0.05) is 44.5 Å². The van der Waals surface area contributed by atoms with Gasteiger partial charge in [0.05, 0.1) is 5.02 Å². The Balaban J connectivity index is 1.59. The first kappa shape index (κ1) is 15.7. The van der Waals surface area contributed by atoms with E-state index in [1.54, 1.807) is 12.1 Å². The minimum absolute atomic E-state index is 0.0153. The van der Waals surface area contributed by atoms with E-state index in [0.29, 0.717) is 22.1 Å². The van der Waals surface area contributed by atoms with Crippen LogP contribution in [0.5, 0.6) is 5.75 Å². The molecule has 2 saturated carbocycles. The lowest BCUT2D eigenvalue weighted by atomic mass is 9.69. The van der Waals surface area contributed by atoms with Crippen LogP contribution in [0.25, 0.3) is 0 Å². The van der Waals surface area contributed by atoms with Gasteiger partial charge in [0.15, 0.2) is 6.61 Å². The first-order valence-corrected chi connectivity index (χ1v) is 8.39. The number of carbonyl (C=O) groups is 1. The molecule has 0 heterocycles. The highest BCUT2D eigenvalue weighted by atomic mass is 35.5. The fraction of sp³-hybridized carbons (Fsp3) is 0.611. The quantitative estimate of drug-likeness (QED) is 0.908. The van der Waals surface area contributed by atoms with Crippen molar-refractivity contribution in [2.45, 2.75) is 46.1 Å². The molecule has 1 N–H and O–H groups in total. The molecule has 2 bridgehead atoms. The van der Waals surface area contributed by atoms with Crippen LogP contribution in [0.2, 0.25) is 5.02 Å². The number of carbonyl (C=O) groups excluding carboxylic acids is 1. The first-order valence-electron chi connectivity index (χ1n) is 8.01. The van der Waals surface area contributed by atoms with Crippen molar-refractivity contribution in [1.82, 2.24) is 5.32 Å². The Hall–Kier alpha value is -1.22. The topological polar surface area (TPSA) is 38.3 Å². The average molecular weight is 322 g/mol. The molecule has 3 nitrogen and oxygen atoms in total. The molecule has 0 saturated heterocycles. The normalized spacial score (nSPS) is 32.0.